The molecule has 0 radical (unpaired) electrons. The number of halogens is 1. The lowest BCUT2D eigenvalue weighted by Crippen LogP contribution is -2.24. The third-order valence-electron chi connectivity index (χ3n) is 3.07. The summed E-state index contributed by atoms with van der Waals surface area (Å²) in [4.78, 5) is 24.0. The highest BCUT2D eigenvalue weighted by Gasteiger charge is 2.23. The molecule has 0 bridgehead atoms. The lowest BCUT2D eigenvalue weighted by molar-refractivity contribution is 0.562. The maximum absolute atomic E-state index is 12.1. The van der Waals surface area contributed by atoms with Gasteiger partial charge in [-0.1, -0.05) is 33.8 Å². The molecule has 20 heavy (non-hydrogen) atoms. The van der Waals surface area contributed by atoms with Crippen molar-refractivity contribution in [3.63, 3.8) is 0 Å². The molecule has 0 atom stereocenters. The molecule has 0 saturated heterocycles. The van der Waals surface area contributed by atoms with Gasteiger partial charge in [-0.15, -0.1) is 0 Å². The number of aromatic amines is 1. The van der Waals surface area contributed by atoms with Crippen LogP contribution in [0, 0.1) is 3.57 Å². The molecule has 0 fully saturated rings. The average Bonchev–Trinajstić information content (AvgIpc) is 2.40. The average molecular weight is 383 g/mol. The largest absolute Gasteiger partial charge is 0.304 e. The summed E-state index contributed by atoms with van der Waals surface area (Å²) in [7, 11) is 0. The van der Waals surface area contributed by atoms with Gasteiger partial charge >= 0.3 is 0 Å². The normalized spacial score (nSPS) is 11.7. The molecule has 0 spiro atoms. The number of nitrogens with one attached hydrogen (secondary N) is 1. The van der Waals surface area contributed by atoms with E-state index in [1.165, 1.54) is 0 Å². The summed E-state index contributed by atoms with van der Waals surface area (Å²) in [6, 6.07) is 3.91. The zero-order chi connectivity index (χ0) is 14.9. The van der Waals surface area contributed by atoms with Gasteiger partial charge in [-0.25, -0.2) is 4.98 Å². The molecular formula is C15H18IN3O. The van der Waals surface area contributed by atoms with Crippen LogP contribution in [0.5, 0.6) is 0 Å². The second kappa shape index (κ2) is 5.63. The van der Waals surface area contributed by atoms with Gasteiger partial charge in [0, 0.05) is 11.6 Å². The van der Waals surface area contributed by atoms with Crippen LogP contribution >= 0.6 is 22.6 Å². The van der Waals surface area contributed by atoms with Crippen molar-refractivity contribution in [3.05, 3.63) is 43.5 Å². The van der Waals surface area contributed by atoms with Crippen molar-refractivity contribution in [2.75, 3.05) is 0 Å². The SMILES string of the molecule is CCc1cccnc1-c1nc(C(C)(C)C)c(I)c(=O)[nH]1. The molecule has 0 aromatic carbocycles. The third kappa shape index (κ3) is 2.92. The fourth-order valence-corrected chi connectivity index (χ4v) is 3.07. The van der Waals surface area contributed by atoms with Crippen LogP contribution < -0.4 is 5.56 Å². The van der Waals surface area contributed by atoms with E-state index in [4.69, 9.17) is 0 Å². The smallest absolute Gasteiger partial charge is 0.264 e. The summed E-state index contributed by atoms with van der Waals surface area (Å²) >= 11 is 2.06. The molecule has 0 aliphatic heterocycles. The monoisotopic (exact) mass is 383 g/mol. The molecule has 0 unspecified atom stereocenters. The van der Waals surface area contributed by atoms with Gasteiger partial charge < -0.3 is 4.98 Å². The first-order chi connectivity index (χ1) is 9.34. The first-order valence-electron chi connectivity index (χ1n) is 6.59. The van der Waals surface area contributed by atoms with E-state index in [1.54, 1.807) is 6.20 Å². The first kappa shape index (κ1) is 15.2. The molecule has 0 aliphatic carbocycles. The van der Waals surface area contributed by atoms with Crippen molar-refractivity contribution in [2.45, 2.75) is 39.5 Å². The predicted molar refractivity (Wildman–Crippen MR) is 88.9 cm³/mol. The van der Waals surface area contributed by atoms with Crippen molar-refractivity contribution in [1.82, 2.24) is 15.0 Å². The molecule has 1 N–H and O–H groups in total. The van der Waals surface area contributed by atoms with Gasteiger partial charge in [0.15, 0.2) is 5.82 Å². The van der Waals surface area contributed by atoms with E-state index in [1.807, 2.05) is 12.1 Å². The molecule has 5 heteroatoms. The number of hydrogen-bond donors (Lipinski definition) is 1. The minimum atomic E-state index is -0.180. The van der Waals surface area contributed by atoms with Gasteiger partial charge in [-0.05, 0) is 40.6 Å². The van der Waals surface area contributed by atoms with Gasteiger partial charge in [0.05, 0.1) is 5.69 Å². The minimum absolute atomic E-state index is 0.103. The van der Waals surface area contributed by atoms with Crippen LogP contribution in [0.4, 0.5) is 0 Å². The number of pyridine rings is 1. The Labute approximate surface area is 132 Å². The number of rotatable bonds is 2. The molecule has 4 nitrogen and oxygen atoms in total. The van der Waals surface area contributed by atoms with Crippen LogP contribution in [0.1, 0.15) is 39.0 Å². The standard InChI is InChI=1S/C15H18IN3O/c1-5-9-7-6-8-17-11(9)13-18-12(15(2,3)4)10(16)14(20)19-13/h6-8H,5H2,1-4H3,(H,18,19,20). The van der Waals surface area contributed by atoms with Crippen LogP contribution in [0.25, 0.3) is 11.5 Å². The Morgan fingerprint density at radius 2 is 2.05 bits per heavy atom. The zero-order valence-corrected chi connectivity index (χ0v) is 14.3. The minimum Gasteiger partial charge on any atom is -0.304 e. The van der Waals surface area contributed by atoms with Crippen molar-refractivity contribution >= 4 is 22.6 Å². The Morgan fingerprint density at radius 1 is 1.35 bits per heavy atom. The van der Waals surface area contributed by atoms with Crippen LogP contribution in [-0.4, -0.2) is 15.0 Å². The Kier molecular flexibility index (Phi) is 4.27. The van der Waals surface area contributed by atoms with Crippen LogP contribution in [-0.2, 0) is 11.8 Å². The van der Waals surface area contributed by atoms with Crippen molar-refractivity contribution < 1.29 is 0 Å². The van der Waals surface area contributed by atoms with E-state index in [0.29, 0.717) is 9.39 Å². The van der Waals surface area contributed by atoms with Gasteiger partial charge in [-0.2, -0.15) is 0 Å². The zero-order valence-electron chi connectivity index (χ0n) is 12.1. The lowest BCUT2D eigenvalue weighted by Gasteiger charge is -2.20. The lowest BCUT2D eigenvalue weighted by atomic mass is 9.92. The van der Waals surface area contributed by atoms with Crippen LogP contribution in [0.2, 0.25) is 0 Å². The van der Waals surface area contributed by atoms with Crippen molar-refractivity contribution in [1.29, 1.82) is 0 Å². The Balaban J connectivity index is 2.71. The van der Waals surface area contributed by atoms with Crippen LogP contribution in [0.15, 0.2) is 23.1 Å². The van der Waals surface area contributed by atoms with E-state index in [2.05, 4.69) is 65.2 Å². The van der Waals surface area contributed by atoms with Crippen molar-refractivity contribution in [3.8, 4) is 11.5 Å². The summed E-state index contributed by atoms with van der Waals surface area (Å²) in [6.07, 6.45) is 2.58. The summed E-state index contributed by atoms with van der Waals surface area (Å²) < 4.78 is 0.646. The molecule has 2 aromatic rings. The summed E-state index contributed by atoms with van der Waals surface area (Å²) in [6.45, 7) is 8.23. The Bertz CT molecular complexity index is 686. The highest BCUT2D eigenvalue weighted by molar-refractivity contribution is 14.1. The summed E-state index contributed by atoms with van der Waals surface area (Å²) in [5.41, 5.74) is 2.37. The molecule has 106 valence electrons. The molecule has 2 rings (SSSR count). The highest BCUT2D eigenvalue weighted by atomic mass is 127. The van der Waals surface area contributed by atoms with Crippen molar-refractivity contribution in [2.24, 2.45) is 0 Å². The quantitative estimate of drug-likeness (QED) is 0.810. The van der Waals surface area contributed by atoms with E-state index in [9.17, 15) is 4.79 Å². The molecule has 0 saturated carbocycles. The number of aryl methyl sites for hydroxylation is 1. The van der Waals surface area contributed by atoms with Crippen LogP contribution in [0.3, 0.4) is 0 Å². The second-order valence-corrected chi connectivity index (χ2v) is 6.77. The number of H-pyrrole nitrogens is 1. The fourth-order valence-electron chi connectivity index (χ4n) is 2.00. The maximum atomic E-state index is 12.1. The molecule has 0 aliphatic rings. The van der Waals surface area contributed by atoms with E-state index < -0.39 is 0 Å². The van der Waals surface area contributed by atoms with Gasteiger partial charge in [0.1, 0.15) is 9.26 Å². The molecular weight excluding hydrogens is 365 g/mol. The van der Waals surface area contributed by atoms with Gasteiger partial charge in [0.2, 0.25) is 0 Å². The topological polar surface area (TPSA) is 58.6 Å². The summed E-state index contributed by atoms with van der Waals surface area (Å²) in [5, 5.41) is 0. The second-order valence-electron chi connectivity index (χ2n) is 5.69. The Morgan fingerprint density at radius 3 is 2.65 bits per heavy atom. The highest BCUT2D eigenvalue weighted by Crippen LogP contribution is 2.25. The maximum Gasteiger partial charge on any atom is 0.264 e. The number of aromatic nitrogens is 3. The summed E-state index contributed by atoms with van der Waals surface area (Å²) in [5.74, 6) is 0.554. The van der Waals surface area contributed by atoms with Gasteiger partial charge in [-0.3, -0.25) is 9.78 Å². The Hall–Kier alpha value is -1.24. The number of nitrogens with zero attached hydrogens (tertiary/aromatic N) is 2. The molecule has 2 aromatic heterocycles. The predicted octanol–water partition coefficient (Wildman–Crippen LogP) is 3.30. The van der Waals surface area contributed by atoms with E-state index in [-0.39, 0.29) is 11.0 Å². The third-order valence-corrected chi connectivity index (χ3v) is 4.07. The van der Waals surface area contributed by atoms with E-state index >= 15 is 0 Å². The molecule has 2 heterocycles. The van der Waals surface area contributed by atoms with E-state index in [0.717, 1.165) is 23.4 Å². The fraction of sp³-hybridized carbons (Fsp3) is 0.400. The first-order valence-corrected chi connectivity index (χ1v) is 7.67. The van der Waals surface area contributed by atoms with Gasteiger partial charge in [0.25, 0.3) is 5.56 Å². The molecule has 0 amide bonds. The number of hydrogen-bond acceptors (Lipinski definition) is 3.